The molecule has 5 heteroatoms. The summed E-state index contributed by atoms with van der Waals surface area (Å²) < 4.78 is 41.1. The Bertz CT molecular complexity index is 771. The van der Waals surface area contributed by atoms with Crippen LogP contribution in [0.4, 0.5) is 13.2 Å². The summed E-state index contributed by atoms with van der Waals surface area (Å²) in [6.45, 7) is 2.25. The van der Waals surface area contributed by atoms with Gasteiger partial charge < -0.3 is 4.74 Å². The van der Waals surface area contributed by atoms with E-state index in [9.17, 15) is 18.0 Å². The number of alkyl halides is 3. The molecule has 0 atom stereocenters. The summed E-state index contributed by atoms with van der Waals surface area (Å²) in [6, 6.07) is 14.5. The van der Waals surface area contributed by atoms with Crippen molar-refractivity contribution in [1.82, 2.24) is 0 Å². The van der Waals surface area contributed by atoms with E-state index >= 15 is 0 Å². The molecule has 2 aromatic rings. The predicted octanol–water partition coefficient (Wildman–Crippen LogP) is 6.90. The number of rotatable bonds is 5. The summed E-state index contributed by atoms with van der Waals surface area (Å²) in [5.41, 5.74) is 3.21. The zero-order valence-electron chi connectivity index (χ0n) is 16.0. The molecule has 0 heterocycles. The van der Waals surface area contributed by atoms with Gasteiger partial charge in [0.1, 0.15) is 5.75 Å². The normalized spacial score (nSPS) is 20.0. The van der Waals surface area contributed by atoms with Gasteiger partial charge in [-0.1, -0.05) is 56.2 Å². The summed E-state index contributed by atoms with van der Waals surface area (Å²) in [5, 5.41) is 0. The largest absolute Gasteiger partial charge is 0.491 e. The first kappa shape index (κ1) is 20.4. The number of ether oxygens (including phenoxy) is 1. The number of halogens is 3. The van der Waals surface area contributed by atoms with Crippen molar-refractivity contribution in [2.24, 2.45) is 5.92 Å². The van der Waals surface area contributed by atoms with Crippen molar-refractivity contribution >= 4 is 5.97 Å². The van der Waals surface area contributed by atoms with Crippen molar-refractivity contribution in [2.75, 3.05) is 0 Å². The fraction of sp³-hybridized carbons (Fsp3) is 0.435. The first-order valence-electron chi connectivity index (χ1n) is 9.86. The molecule has 1 aliphatic carbocycles. The van der Waals surface area contributed by atoms with Crippen LogP contribution in [0.15, 0.2) is 48.5 Å². The van der Waals surface area contributed by atoms with E-state index < -0.39 is 12.1 Å². The second-order valence-corrected chi connectivity index (χ2v) is 7.54. The Morgan fingerprint density at radius 1 is 0.929 bits per heavy atom. The predicted molar refractivity (Wildman–Crippen MR) is 103 cm³/mol. The highest BCUT2D eigenvalue weighted by atomic mass is 19.4. The average molecular weight is 390 g/mol. The van der Waals surface area contributed by atoms with Gasteiger partial charge in [0.15, 0.2) is 0 Å². The first-order valence-corrected chi connectivity index (χ1v) is 9.86. The summed E-state index contributed by atoms with van der Waals surface area (Å²) in [7, 11) is 0. The smallest absolute Gasteiger partial charge is 0.420 e. The van der Waals surface area contributed by atoms with Gasteiger partial charge in [-0.15, -0.1) is 0 Å². The maximum atomic E-state index is 12.3. The van der Waals surface area contributed by atoms with Gasteiger partial charge in [-0.3, -0.25) is 0 Å². The quantitative estimate of drug-likeness (QED) is 0.410. The van der Waals surface area contributed by atoms with Crippen LogP contribution in [0.1, 0.15) is 56.9 Å². The number of esters is 1. The molecular formula is C23H25F3O2. The van der Waals surface area contributed by atoms with E-state index in [2.05, 4.69) is 23.8 Å². The molecule has 1 saturated carbocycles. The molecule has 0 radical (unpaired) electrons. The number of hydrogen-bond acceptors (Lipinski definition) is 2. The van der Waals surface area contributed by atoms with Crippen molar-refractivity contribution in [1.29, 1.82) is 0 Å². The second kappa shape index (κ2) is 8.80. The zero-order chi connectivity index (χ0) is 20.1. The van der Waals surface area contributed by atoms with Crippen LogP contribution in [0.3, 0.4) is 0 Å². The van der Waals surface area contributed by atoms with E-state index in [-0.39, 0.29) is 5.75 Å². The Labute approximate surface area is 163 Å². The summed E-state index contributed by atoms with van der Waals surface area (Å²) in [6.07, 6.45) is 2.69. The van der Waals surface area contributed by atoms with Crippen molar-refractivity contribution in [3.63, 3.8) is 0 Å². The highest BCUT2D eigenvalue weighted by molar-refractivity contribution is 5.78. The van der Waals surface area contributed by atoms with Crippen LogP contribution in [0.25, 0.3) is 11.1 Å². The Hall–Kier alpha value is -2.30. The fourth-order valence-corrected chi connectivity index (χ4v) is 4.02. The fourth-order valence-electron chi connectivity index (χ4n) is 4.02. The van der Waals surface area contributed by atoms with Gasteiger partial charge in [0.05, 0.1) is 0 Å². The third-order valence-corrected chi connectivity index (χ3v) is 5.56. The van der Waals surface area contributed by atoms with Crippen LogP contribution in [0.2, 0.25) is 0 Å². The number of carbonyl (C=O) groups excluding carboxylic acids is 1. The second-order valence-electron chi connectivity index (χ2n) is 7.54. The van der Waals surface area contributed by atoms with Gasteiger partial charge in [0.25, 0.3) is 0 Å². The molecule has 0 aliphatic heterocycles. The molecule has 1 fully saturated rings. The van der Waals surface area contributed by atoms with Crippen molar-refractivity contribution in [3.05, 3.63) is 54.1 Å². The van der Waals surface area contributed by atoms with Gasteiger partial charge >= 0.3 is 12.1 Å². The highest BCUT2D eigenvalue weighted by Gasteiger charge is 2.41. The van der Waals surface area contributed by atoms with E-state index in [0.29, 0.717) is 5.92 Å². The molecule has 2 aromatic carbocycles. The Kier molecular flexibility index (Phi) is 6.42. The highest BCUT2D eigenvalue weighted by Crippen LogP contribution is 2.38. The summed E-state index contributed by atoms with van der Waals surface area (Å²) in [5.74, 6) is -0.832. The van der Waals surface area contributed by atoms with Gasteiger partial charge in [0.2, 0.25) is 0 Å². The molecule has 150 valence electrons. The minimum Gasteiger partial charge on any atom is -0.420 e. The lowest BCUT2D eigenvalue weighted by molar-refractivity contribution is -0.189. The Morgan fingerprint density at radius 2 is 1.46 bits per heavy atom. The molecule has 2 nitrogen and oxygen atoms in total. The van der Waals surface area contributed by atoms with Crippen LogP contribution >= 0.6 is 0 Å². The molecule has 0 bridgehead atoms. The maximum absolute atomic E-state index is 12.3. The monoisotopic (exact) mass is 390 g/mol. The Morgan fingerprint density at radius 3 is 1.96 bits per heavy atom. The van der Waals surface area contributed by atoms with Crippen LogP contribution in [-0.2, 0) is 4.79 Å². The van der Waals surface area contributed by atoms with Crippen LogP contribution in [0, 0.1) is 5.92 Å². The van der Waals surface area contributed by atoms with E-state index in [4.69, 9.17) is 0 Å². The van der Waals surface area contributed by atoms with Gasteiger partial charge in [-0.2, -0.15) is 13.2 Å². The lowest BCUT2D eigenvalue weighted by atomic mass is 9.77. The number of carbonyl (C=O) groups is 1. The standard InChI is InChI=1S/C23H25F3O2/c1-2-3-16-4-6-17(7-5-16)18-8-10-19(11-9-18)20-12-14-21(15-13-20)28-22(27)23(24,25)26/h8-17H,2-7H2,1H3. The van der Waals surface area contributed by atoms with Crippen LogP contribution in [0.5, 0.6) is 5.75 Å². The maximum Gasteiger partial charge on any atom is 0.491 e. The molecule has 0 saturated heterocycles. The number of benzene rings is 2. The molecule has 28 heavy (non-hydrogen) atoms. The third kappa shape index (κ3) is 5.15. The lowest BCUT2D eigenvalue weighted by Gasteiger charge is -2.28. The van der Waals surface area contributed by atoms with Crippen molar-refractivity contribution in [2.45, 2.75) is 57.5 Å². The van der Waals surface area contributed by atoms with Crippen LogP contribution < -0.4 is 4.74 Å². The molecule has 0 amide bonds. The number of hydrogen-bond donors (Lipinski definition) is 0. The van der Waals surface area contributed by atoms with E-state index in [0.717, 1.165) is 17.0 Å². The molecule has 1 aliphatic rings. The minimum absolute atomic E-state index is 0.119. The molecule has 0 aromatic heterocycles. The van der Waals surface area contributed by atoms with E-state index in [1.54, 1.807) is 12.1 Å². The van der Waals surface area contributed by atoms with Crippen molar-refractivity contribution in [3.8, 4) is 16.9 Å². The van der Waals surface area contributed by atoms with E-state index in [1.165, 1.54) is 56.2 Å². The van der Waals surface area contributed by atoms with E-state index in [1.807, 2.05) is 12.1 Å². The molecule has 0 N–H and O–H groups in total. The summed E-state index contributed by atoms with van der Waals surface area (Å²) >= 11 is 0. The van der Waals surface area contributed by atoms with Gasteiger partial charge in [0, 0.05) is 0 Å². The zero-order valence-corrected chi connectivity index (χ0v) is 16.0. The summed E-state index contributed by atoms with van der Waals surface area (Å²) in [4.78, 5) is 10.9. The lowest BCUT2D eigenvalue weighted by Crippen LogP contribution is -2.27. The topological polar surface area (TPSA) is 26.3 Å². The molecule has 3 rings (SSSR count). The first-order chi connectivity index (χ1) is 13.4. The van der Waals surface area contributed by atoms with Gasteiger partial charge in [-0.05, 0) is 66.3 Å². The SMILES string of the molecule is CCCC1CCC(c2ccc(-c3ccc(OC(=O)C(F)(F)F)cc3)cc2)CC1. The Balaban J connectivity index is 1.61. The van der Waals surface area contributed by atoms with Gasteiger partial charge in [-0.25, -0.2) is 4.79 Å². The van der Waals surface area contributed by atoms with Crippen LogP contribution in [-0.4, -0.2) is 12.1 Å². The average Bonchev–Trinajstić information content (AvgIpc) is 2.69. The minimum atomic E-state index is -5.00. The molecule has 0 unspecified atom stereocenters. The molecular weight excluding hydrogens is 365 g/mol. The third-order valence-electron chi connectivity index (χ3n) is 5.56. The van der Waals surface area contributed by atoms with Crippen molar-refractivity contribution < 1.29 is 22.7 Å². The molecule has 0 spiro atoms.